The SMILES string of the molecule is COc1ccc(Cl)cc1NS(=O)(=O)c1ccc(SC)c(NC(=O)C(C)C)c1. The third kappa shape index (κ3) is 5.31. The van der Waals surface area contributed by atoms with Crippen molar-refractivity contribution < 1.29 is 17.9 Å². The minimum atomic E-state index is -3.92. The molecular weight excluding hydrogens is 408 g/mol. The quantitative estimate of drug-likeness (QED) is 0.635. The normalized spacial score (nSPS) is 11.3. The van der Waals surface area contributed by atoms with Gasteiger partial charge in [-0.05, 0) is 42.7 Å². The van der Waals surface area contributed by atoms with E-state index in [2.05, 4.69) is 10.0 Å². The second-order valence-corrected chi connectivity index (χ2v) is 8.92. The maximum absolute atomic E-state index is 12.8. The van der Waals surface area contributed by atoms with Crippen LogP contribution in [0.25, 0.3) is 0 Å². The van der Waals surface area contributed by atoms with Gasteiger partial charge in [0.05, 0.1) is 23.4 Å². The van der Waals surface area contributed by atoms with E-state index >= 15 is 0 Å². The Kier molecular flexibility index (Phi) is 7.02. The number of amides is 1. The molecule has 0 spiro atoms. The first-order chi connectivity index (χ1) is 12.7. The molecule has 0 atom stereocenters. The van der Waals surface area contributed by atoms with Crippen molar-refractivity contribution >= 4 is 50.7 Å². The summed E-state index contributed by atoms with van der Waals surface area (Å²) < 4.78 is 33.3. The van der Waals surface area contributed by atoms with E-state index in [1.807, 2.05) is 6.26 Å². The number of methoxy groups -OCH3 is 1. The van der Waals surface area contributed by atoms with Gasteiger partial charge in [-0.2, -0.15) is 0 Å². The molecule has 1 amide bonds. The lowest BCUT2D eigenvalue weighted by Crippen LogP contribution is -2.19. The number of hydrogen-bond acceptors (Lipinski definition) is 5. The van der Waals surface area contributed by atoms with Crippen LogP contribution >= 0.6 is 23.4 Å². The molecule has 2 rings (SSSR count). The smallest absolute Gasteiger partial charge is 0.262 e. The molecule has 0 fully saturated rings. The Labute approximate surface area is 168 Å². The second-order valence-electron chi connectivity index (χ2n) is 5.96. The molecule has 0 radical (unpaired) electrons. The van der Waals surface area contributed by atoms with Crippen LogP contribution in [-0.2, 0) is 14.8 Å². The van der Waals surface area contributed by atoms with E-state index in [4.69, 9.17) is 16.3 Å². The fraction of sp³-hybridized carbons (Fsp3) is 0.278. The lowest BCUT2D eigenvalue weighted by molar-refractivity contribution is -0.118. The largest absolute Gasteiger partial charge is 0.495 e. The third-order valence-corrected chi connectivity index (χ3v) is 6.06. The zero-order valence-corrected chi connectivity index (χ0v) is 17.8. The Morgan fingerprint density at radius 1 is 1.15 bits per heavy atom. The Morgan fingerprint density at radius 2 is 1.85 bits per heavy atom. The summed E-state index contributed by atoms with van der Waals surface area (Å²) in [5.74, 6) is -0.0739. The van der Waals surface area contributed by atoms with Crippen LogP contribution in [0.4, 0.5) is 11.4 Å². The van der Waals surface area contributed by atoms with Crippen molar-refractivity contribution in [2.75, 3.05) is 23.4 Å². The van der Waals surface area contributed by atoms with Crippen LogP contribution < -0.4 is 14.8 Å². The van der Waals surface area contributed by atoms with E-state index in [0.29, 0.717) is 16.5 Å². The molecule has 0 aromatic heterocycles. The van der Waals surface area contributed by atoms with Gasteiger partial charge in [0.1, 0.15) is 5.75 Å². The molecule has 0 aliphatic rings. The number of carbonyl (C=O) groups excluding carboxylic acids is 1. The van der Waals surface area contributed by atoms with Gasteiger partial charge >= 0.3 is 0 Å². The number of halogens is 1. The first-order valence-electron chi connectivity index (χ1n) is 8.03. The number of sulfonamides is 1. The number of nitrogens with one attached hydrogen (secondary N) is 2. The average Bonchev–Trinajstić information content (AvgIpc) is 2.61. The van der Waals surface area contributed by atoms with Crippen LogP contribution in [0.3, 0.4) is 0 Å². The number of ether oxygens (including phenoxy) is 1. The van der Waals surface area contributed by atoms with Crippen molar-refractivity contribution in [3.8, 4) is 5.75 Å². The van der Waals surface area contributed by atoms with Gasteiger partial charge < -0.3 is 10.1 Å². The van der Waals surface area contributed by atoms with E-state index in [0.717, 1.165) is 4.90 Å². The summed E-state index contributed by atoms with van der Waals surface area (Å²) in [5.41, 5.74) is 0.675. The second kappa shape index (κ2) is 8.86. The van der Waals surface area contributed by atoms with Crippen molar-refractivity contribution in [3.63, 3.8) is 0 Å². The third-order valence-electron chi connectivity index (χ3n) is 3.67. The zero-order valence-electron chi connectivity index (χ0n) is 15.4. The van der Waals surface area contributed by atoms with E-state index in [9.17, 15) is 13.2 Å². The highest BCUT2D eigenvalue weighted by Gasteiger charge is 2.20. The van der Waals surface area contributed by atoms with Gasteiger partial charge in [0.2, 0.25) is 5.91 Å². The summed E-state index contributed by atoms with van der Waals surface area (Å²) in [6, 6.07) is 9.22. The van der Waals surface area contributed by atoms with Crippen LogP contribution in [0.2, 0.25) is 5.02 Å². The van der Waals surface area contributed by atoms with Crippen LogP contribution in [0, 0.1) is 5.92 Å². The molecule has 9 heteroatoms. The van der Waals surface area contributed by atoms with Gasteiger partial charge in [0.15, 0.2) is 0 Å². The molecule has 0 aliphatic carbocycles. The maximum Gasteiger partial charge on any atom is 0.262 e. The van der Waals surface area contributed by atoms with Crippen LogP contribution in [0.5, 0.6) is 5.75 Å². The van der Waals surface area contributed by atoms with Crippen molar-refractivity contribution in [1.29, 1.82) is 0 Å². The lowest BCUT2D eigenvalue weighted by atomic mass is 10.2. The zero-order chi connectivity index (χ0) is 20.2. The van der Waals surface area contributed by atoms with E-state index in [-0.39, 0.29) is 22.4 Å². The molecule has 0 unspecified atom stereocenters. The van der Waals surface area contributed by atoms with Crippen LogP contribution in [-0.4, -0.2) is 27.7 Å². The van der Waals surface area contributed by atoms with Gasteiger partial charge in [-0.1, -0.05) is 25.4 Å². The summed E-state index contributed by atoms with van der Waals surface area (Å²) in [5, 5.41) is 3.14. The summed E-state index contributed by atoms with van der Waals surface area (Å²) >= 11 is 7.37. The number of anilines is 2. The van der Waals surface area contributed by atoms with Crippen LogP contribution in [0.15, 0.2) is 46.2 Å². The van der Waals surface area contributed by atoms with E-state index in [1.54, 1.807) is 32.0 Å². The van der Waals surface area contributed by atoms with Gasteiger partial charge in [-0.25, -0.2) is 8.42 Å². The Balaban J connectivity index is 2.41. The fourth-order valence-electron chi connectivity index (χ4n) is 2.19. The Bertz CT molecular complexity index is 946. The maximum atomic E-state index is 12.8. The highest BCUT2D eigenvalue weighted by atomic mass is 35.5. The van der Waals surface area contributed by atoms with Gasteiger partial charge in [0, 0.05) is 15.8 Å². The minimum Gasteiger partial charge on any atom is -0.495 e. The number of hydrogen-bond donors (Lipinski definition) is 2. The molecule has 0 saturated heterocycles. The number of benzene rings is 2. The topological polar surface area (TPSA) is 84.5 Å². The minimum absolute atomic E-state index is 0.0152. The van der Waals surface area contributed by atoms with Crippen molar-refractivity contribution in [3.05, 3.63) is 41.4 Å². The van der Waals surface area contributed by atoms with Gasteiger partial charge in [-0.3, -0.25) is 9.52 Å². The standard InChI is InChI=1S/C18H21ClN2O4S2/c1-11(2)18(22)20-15-10-13(6-8-17(15)26-4)27(23,24)21-14-9-12(19)5-7-16(14)25-3/h5-11,21H,1-4H3,(H,20,22). The summed E-state index contributed by atoms with van der Waals surface area (Å²) in [6.45, 7) is 3.53. The van der Waals surface area contributed by atoms with Crippen molar-refractivity contribution in [2.45, 2.75) is 23.6 Å². The monoisotopic (exact) mass is 428 g/mol. The highest BCUT2D eigenvalue weighted by molar-refractivity contribution is 7.98. The Morgan fingerprint density at radius 3 is 2.44 bits per heavy atom. The molecule has 0 bridgehead atoms. The number of rotatable bonds is 7. The number of carbonyl (C=O) groups is 1. The molecule has 0 heterocycles. The molecule has 2 N–H and O–H groups in total. The lowest BCUT2D eigenvalue weighted by Gasteiger charge is -2.15. The Hall–Kier alpha value is -1.90. The first kappa shape index (κ1) is 21.4. The van der Waals surface area contributed by atoms with Gasteiger partial charge in [0.25, 0.3) is 10.0 Å². The summed E-state index contributed by atoms with van der Waals surface area (Å²) in [6.07, 6.45) is 1.85. The molecule has 6 nitrogen and oxygen atoms in total. The van der Waals surface area contributed by atoms with Gasteiger partial charge in [-0.15, -0.1) is 11.8 Å². The van der Waals surface area contributed by atoms with E-state index in [1.165, 1.54) is 37.1 Å². The number of thioether (sulfide) groups is 1. The highest BCUT2D eigenvalue weighted by Crippen LogP contribution is 2.32. The average molecular weight is 429 g/mol. The molecule has 2 aromatic carbocycles. The predicted octanol–water partition coefficient (Wildman–Crippen LogP) is 4.47. The molecule has 0 saturated carbocycles. The fourth-order valence-corrected chi connectivity index (χ4v) is 3.99. The predicted molar refractivity (Wildman–Crippen MR) is 111 cm³/mol. The summed E-state index contributed by atoms with van der Waals surface area (Å²) in [4.78, 5) is 12.8. The first-order valence-corrected chi connectivity index (χ1v) is 11.1. The molecule has 146 valence electrons. The molecule has 27 heavy (non-hydrogen) atoms. The molecule has 2 aromatic rings. The van der Waals surface area contributed by atoms with Crippen molar-refractivity contribution in [2.24, 2.45) is 5.92 Å². The summed E-state index contributed by atoms with van der Waals surface area (Å²) in [7, 11) is -2.48. The van der Waals surface area contributed by atoms with Crippen molar-refractivity contribution in [1.82, 2.24) is 0 Å². The molecular formula is C18H21ClN2O4S2. The van der Waals surface area contributed by atoms with Crippen LogP contribution in [0.1, 0.15) is 13.8 Å². The molecule has 0 aliphatic heterocycles. The van der Waals surface area contributed by atoms with E-state index < -0.39 is 10.0 Å².